The lowest BCUT2D eigenvalue weighted by Crippen LogP contribution is -2.14. The van der Waals surface area contributed by atoms with Crippen LogP contribution in [-0.4, -0.2) is 32.2 Å². The van der Waals surface area contributed by atoms with E-state index in [4.69, 9.17) is 4.42 Å². The molecule has 0 aliphatic carbocycles. The van der Waals surface area contributed by atoms with E-state index in [1.807, 2.05) is 41.0 Å². The highest BCUT2D eigenvalue weighted by molar-refractivity contribution is 8.00. The van der Waals surface area contributed by atoms with E-state index in [9.17, 15) is 13.6 Å². The Morgan fingerprint density at radius 2 is 1.81 bits per heavy atom. The second kappa shape index (κ2) is 10.5. The van der Waals surface area contributed by atoms with Crippen molar-refractivity contribution in [1.82, 2.24) is 14.8 Å². The van der Waals surface area contributed by atoms with Crippen LogP contribution in [0.25, 0.3) is 11.6 Å². The van der Waals surface area contributed by atoms with Crippen molar-refractivity contribution in [3.05, 3.63) is 78.6 Å². The first kappa shape index (κ1) is 22.1. The quantitative estimate of drug-likeness (QED) is 0.318. The molecule has 2 aromatic heterocycles. The molecule has 0 unspecified atom stereocenters. The summed E-state index contributed by atoms with van der Waals surface area (Å²) < 4.78 is 32.2. The van der Waals surface area contributed by atoms with E-state index in [0.29, 0.717) is 45.6 Å². The summed E-state index contributed by atoms with van der Waals surface area (Å²) in [5, 5.41) is 11.8. The van der Waals surface area contributed by atoms with Crippen LogP contribution in [0.15, 0.2) is 87.5 Å². The highest BCUT2D eigenvalue weighted by Gasteiger charge is 2.18. The zero-order valence-corrected chi connectivity index (χ0v) is 18.3. The highest BCUT2D eigenvalue weighted by atomic mass is 32.2. The molecule has 0 spiro atoms. The summed E-state index contributed by atoms with van der Waals surface area (Å²) in [5.74, 6) is -1.44. The second-order valence-corrected chi connectivity index (χ2v) is 8.60. The minimum atomic E-state index is -2.48. The Kier molecular flexibility index (Phi) is 7.23. The third-order valence-corrected chi connectivity index (χ3v) is 6.03. The normalized spacial score (nSPS) is 11.1. The van der Waals surface area contributed by atoms with E-state index in [1.54, 1.807) is 36.6 Å². The lowest BCUT2D eigenvalue weighted by atomic mass is 10.2. The fourth-order valence-electron chi connectivity index (χ4n) is 2.94. The molecule has 32 heavy (non-hydrogen) atoms. The summed E-state index contributed by atoms with van der Waals surface area (Å²) in [4.78, 5) is 12.9. The molecule has 10 heteroatoms. The van der Waals surface area contributed by atoms with Gasteiger partial charge in [-0.1, -0.05) is 53.9 Å². The van der Waals surface area contributed by atoms with E-state index >= 15 is 0 Å². The predicted molar refractivity (Wildman–Crippen MR) is 121 cm³/mol. The van der Waals surface area contributed by atoms with Crippen molar-refractivity contribution in [2.45, 2.75) is 22.4 Å². The Labute approximate surface area is 191 Å². The van der Waals surface area contributed by atoms with E-state index in [1.165, 1.54) is 11.8 Å². The van der Waals surface area contributed by atoms with Gasteiger partial charge in [0.25, 0.3) is 5.76 Å². The van der Waals surface area contributed by atoms with Gasteiger partial charge in [0.05, 0.1) is 18.6 Å². The van der Waals surface area contributed by atoms with Crippen molar-refractivity contribution in [1.29, 1.82) is 0 Å². The minimum Gasteiger partial charge on any atom is -0.461 e. The predicted octanol–water partition coefficient (Wildman–Crippen LogP) is 5.63. The number of hydrogen-bond donors (Lipinski definition) is 1. The fraction of sp³-hybridized carbons (Fsp3) is 0.136. The first-order valence-corrected chi connectivity index (χ1v) is 11.4. The number of benzene rings is 2. The zero-order chi connectivity index (χ0) is 22.3. The molecule has 4 rings (SSSR count). The van der Waals surface area contributed by atoms with E-state index in [0.717, 1.165) is 5.56 Å². The third kappa shape index (κ3) is 5.77. The molecule has 0 saturated carbocycles. The van der Waals surface area contributed by atoms with Gasteiger partial charge in [0.1, 0.15) is 0 Å². The smallest absolute Gasteiger partial charge is 0.288 e. The molecular weight excluding hydrogens is 454 g/mol. The van der Waals surface area contributed by atoms with Crippen molar-refractivity contribution >= 4 is 35.1 Å². The SMILES string of the molecule is O=C(CSc1nnc(-c2ccco2)n1Cc1ccccc1)Nc1ccc(SC(F)F)cc1. The molecular formula is C22H18F2N4O2S2. The number of carbonyl (C=O) groups excluding carboxylic acids is 1. The van der Waals surface area contributed by atoms with Crippen LogP contribution in [0, 0.1) is 0 Å². The van der Waals surface area contributed by atoms with Crippen LogP contribution in [-0.2, 0) is 11.3 Å². The molecule has 164 valence electrons. The average Bonchev–Trinajstić information content (AvgIpc) is 3.44. The van der Waals surface area contributed by atoms with Gasteiger partial charge in [0.2, 0.25) is 11.7 Å². The van der Waals surface area contributed by atoms with Crippen LogP contribution in [0.1, 0.15) is 5.56 Å². The van der Waals surface area contributed by atoms with E-state index < -0.39 is 5.76 Å². The third-order valence-electron chi connectivity index (χ3n) is 4.34. The van der Waals surface area contributed by atoms with Gasteiger partial charge >= 0.3 is 0 Å². The zero-order valence-electron chi connectivity index (χ0n) is 16.7. The van der Waals surface area contributed by atoms with Crippen molar-refractivity contribution in [2.24, 2.45) is 0 Å². The summed E-state index contributed by atoms with van der Waals surface area (Å²) in [7, 11) is 0. The maximum absolute atomic E-state index is 12.4. The number of amides is 1. The number of halogens is 2. The monoisotopic (exact) mass is 472 g/mol. The Balaban J connectivity index is 1.44. The van der Waals surface area contributed by atoms with Crippen molar-refractivity contribution in [3.63, 3.8) is 0 Å². The Bertz CT molecular complexity index is 1150. The van der Waals surface area contributed by atoms with Crippen LogP contribution in [0.4, 0.5) is 14.5 Å². The van der Waals surface area contributed by atoms with Crippen molar-refractivity contribution in [3.8, 4) is 11.6 Å². The van der Waals surface area contributed by atoms with Gasteiger partial charge in [0.15, 0.2) is 10.9 Å². The number of hydrogen-bond acceptors (Lipinski definition) is 6. The van der Waals surface area contributed by atoms with Gasteiger partial charge in [-0.2, -0.15) is 8.78 Å². The van der Waals surface area contributed by atoms with Gasteiger partial charge in [-0.3, -0.25) is 9.36 Å². The molecule has 0 saturated heterocycles. The number of furan rings is 1. The largest absolute Gasteiger partial charge is 0.461 e. The van der Waals surface area contributed by atoms with E-state index in [-0.39, 0.29) is 11.7 Å². The molecule has 2 heterocycles. The number of anilines is 1. The number of thioether (sulfide) groups is 2. The highest BCUT2D eigenvalue weighted by Crippen LogP contribution is 2.27. The number of nitrogens with one attached hydrogen (secondary N) is 1. The molecule has 0 bridgehead atoms. The Hall–Kier alpha value is -3.11. The number of carbonyl (C=O) groups is 1. The molecule has 0 atom stereocenters. The summed E-state index contributed by atoms with van der Waals surface area (Å²) in [6, 6.07) is 19.7. The fourth-order valence-corrected chi connectivity index (χ4v) is 4.18. The molecule has 1 amide bonds. The van der Waals surface area contributed by atoms with Gasteiger partial charge in [0, 0.05) is 10.6 Å². The number of aromatic nitrogens is 3. The first-order chi connectivity index (χ1) is 15.6. The number of nitrogens with zero attached hydrogens (tertiary/aromatic N) is 3. The van der Waals surface area contributed by atoms with Gasteiger partial charge in [-0.05, 0) is 42.0 Å². The second-order valence-electron chi connectivity index (χ2n) is 6.59. The summed E-state index contributed by atoms with van der Waals surface area (Å²) in [5.41, 5.74) is 1.60. The molecule has 2 aromatic carbocycles. The van der Waals surface area contributed by atoms with Gasteiger partial charge in [-0.25, -0.2) is 0 Å². The lowest BCUT2D eigenvalue weighted by Gasteiger charge is -2.10. The topological polar surface area (TPSA) is 73.0 Å². The molecule has 0 radical (unpaired) electrons. The number of rotatable bonds is 9. The maximum Gasteiger partial charge on any atom is 0.288 e. The number of alkyl halides is 2. The standard InChI is InChI=1S/C22H18F2N4O2S2/c23-21(24)32-17-10-8-16(9-11-17)25-19(29)14-31-22-27-26-20(18-7-4-12-30-18)28(22)13-15-5-2-1-3-6-15/h1-12,21H,13-14H2,(H,25,29). The van der Waals surface area contributed by atoms with Crippen LogP contribution in [0.2, 0.25) is 0 Å². The summed E-state index contributed by atoms with van der Waals surface area (Å²) in [6.07, 6.45) is 1.57. The van der Waals surface area contributed by atoms with Crippen LogP contribution in [0.5, 0.6) is 0 Å². The molecule has 4 aromatic rings. The molecule has 0 aliphatic heterocycles. The first-order valence-electron chi connectivity index (χ1n) is 9.57. The Morgan fingerprint density at radius 3 is 2.50 bits per heavy atom. The molecule has 6 nitrogen and oxygen atoms in total. The molecule has 0 fully saturated rings. The maximum atomic E-state index is 12.4. The van der Waals surface area contributed by atoms with Crippen LogP contribution >= 0.6 is 23.5 Å². The Morgan fingerprint density at radius 1 is 1.03 bits per heavy atom. The van der Waals surface area contributed by atoms with E-state index in [2.05, 4.69) is 15.5 Å². The van der Waals surface area contributed by atoms with Crippen LogP contribution in [0.3, 0.4) is 0 Å². The summed E-state index contributed by atoms with van der Waals surface area (Å²) in [6.45, 7) is 0.525. The molecule has 1 N–H and O–H groups in total. The van der Waals surface area contributed by atoms with Gasteiger partial charge in [-0.15, -0.1) is 10.2 Å². The minimum absolute atomic E-state index is 0.110. The summed E-state index contributed by atoms with van der Waals surface area (Å²) >= 11 is 1.72. The average molecular weight is 473 g/mol. The van der Waals surface area contributed by atoms with Crippen LogP contribution < -0.4 is 5.32 Å². The van der Waals surface area contributed by atoms with Crippen molar-refractivity contribution < 1.29 is 18.0 Å². The molecule has 0 aliphatic rings. The van der Waals surface area contributed by atoms with Crippen molar-refractivity contribution in [2.75, 3.05) is 11.1 Å². The lowest BCUT2D eigenvalue weighted by molar-refractivity contribution is -0.113. The van der Waals surface area contributed by atoms with Gasteiger partial charge < -0.3 is 9.73 Å².